The van der Waals surface area contributed by atoms with Gasteiger partial charge < -0.3 is 20.8 Å². The van der Waals surface area contributed by atoms with Crippen LogP contribution in [0, 0.1) is 5.92 Å². The van der Waals surface area contributed by atoms with Crippen LogP contribution in [-0.2, 0) is 0 Å². The topological polar surface area (TPSA) is 76.9 Å². The summed E-state index contributed by atoms with van der Waals surface area (Å²) in [5.41, 5.74) is 0. The minimum absolute atomic E-state index is 0. The predicted molar refractivity (Wildman–Crippen MR) is 120 cm³/mol. The zero-order chi connectivity index (χ0) is 17.6. The van der Waals surface area contributed by atoms with E-state index < -0.39 is 6.10 Å². The van der Waals surface area contributed by atoms with Gasteiger partial charge in [-0.15, -0.1) is 35.3 Å². The van der Waals surface area contributed by atoms with Gasteiger partial charge in [-0.3, -0.25) is 4.99 Å². The molecule has 0 spiro atoms. The number of aliphatic imine (C=N–C) groups is 1. The second-order valence-electron chi connectivity index (χ2n) is 6.56. The van der Waals surface area contributed by atoms with Crippen LogP contribution in [0.4, 0.5) is 0 Å². The number of guanidine groups is 1. The highest BCUT2D eigenvalue weighted by atomic mass is 127. The average molecular weight is 489 g/mol. The standard InChI is InChI=1S/C19H27N3O2S.HI/c1-2-20-19(21-11-14-7-5-8-15(14)23)22-12-16(24)18-10-13-6-3-4-9-17(13)25-18;/h3-4,6,9-10,14-16,23-24H,2,5,7-8,11-12H2,1H3,(H2,20,21,22);1H. The van der Waals surface area contributed by atoms with E-state index in [1.54, 1.807) is 11.3 Å². The van der Waals surface area contributed by atoms with Crippen LogP contribution >= 0.6 is 35.3 Å². The fourth-order valence-electron chi connectivity index (χ4n) is 3.26. The molecule has 1 aliphatic rings. The van der Waals surface area contributed by atoms with Gasteiger partial charge in [-0.05, 0) is 37.3 Å². The van der Waals surface area contributed by atoms with E-state index in [2.05, 4.69) is 27.8 Å². The lowest BCUT2D eigenvalue weighted by Gasteiger charge is -2.18. The zero-order valence-electron chi connectivity index (χ0n) is 15.0. The fourth-order valence-corrected chi connectivity index (χ4v) is 4.30. The maximum absolute atomic E-state index is 10.5. The number of benzene rings is 1. The lowest BCUT2D eigenvalue weighted by Crippen LogP contribution is -2.41. The van der Waals surface area contributed by atoms with Gasteiger partial charge in [0.05, 0.1) is 12.6 Å². The Bertz CT molecular complexity index is 689. The van der Waals surface area contributed by atoms with Crippen molar-refractivity contribution >= 4 is 51.4 Å². The van der Waals surface area contributed by atoms with Gasteiger partial charge in [0.1, 0.15) is 6.10 Å². The number of aliphatic hydroxyl groups is 2. The molecule has 26 heavy (non-hydrogen) atoms. The summed E-state index contributed by atoms with van der Waals surface area (Å²) in [5, 5.41) is 28.1. The smallest absolute Gasteiger partial charge is 0.191 e. The molecule has 1 saturated carbocycles. The van der Waals surface area contributed by atoms with E-state index in [1.807, 2.05) is 25.1 Å². The molecule has 1 aromatic carbocycles. The van der Waals surface area contributed by atoms with Crippen molar-refractivity contribution in [3.8, 4) is 0 Å². The molecule has 1 aliphatic carbocycles. The van der Waals surface area contributed by atoms with Gasteiger partial charge in [-0.1, -0.05) is 24.6 Å². The lowest BCUT2D eigenvalue weighted by atomic mass is 10.1. The summed E-state index contributed by atoms with van der Waals surface area (Å²) in [7, 11) is 0. The quantitative estimate of drug-likeness (QED) is 0.286. The van der Waals surface area contributed by atoms with Crippen molar-refractivity contribution in [1.29, 1.82) is 0 Å². The molecule has 0 radical (unpaired) electrons. The predicted octanol–water partition coefficient (Wildman–Crippen LogP) is 3.27. The summed E-state index contributed by atoms with van der Waals surface area (Å²) in [5.74, 6) is 0.984. The van der Waals surface area contributed by atoms with Crippen LogP contribution in [0.15, 0.2) is 35.3 Å². The van der Waals surface area contributed by atoms with Crippen molar-refractivity contribution in [3.05, 3.63) is 35.2 Å². The van der Waals surface area contributed by atoms with Gasteiger partial charge >= 0.3 is 0 Å². The number of nitrogens with one attached hydrogen (secondary N) is 2. The molecule has 1 fully saturated rings. The number of fused-ring (bicyclic) bond motifs is 1. The van der Waals surface area contributed by atoms with Crippen molar-refractivity contribution < 1.29 is 10.2 Å². The molecule has 5 nitrogen and oxygen atoms in total. The largest absolute Gasteiger partial charge is 0.393 e. The Kier molecular flexibility index (Phi) is 8.59. The third-order valence-electron chi connectivity index (χ3n) is 4.69. The van der Waals surface area contributed by atoms with Crippen LogP contribution in [0.25, 0.3) is 10.1 Å². The molecule has 0 bridgehead atoms. The number of hydrogen-bond acceptors (Lipinski definition) is 4. The number of halogens is 1. The highest BCUT2D eigenvalue weighted by Crippen LogP contribution is 2.30. The first-order valence-electron chi connectivity index (χ1n) is 9.04. The van der Waals surface area contributed by atoms with E-state index in [-0.39, 0.29) is 36.0 Å². The minimum atomic E-state index is -0.607. The first-order valence-corrected chi connectivity index (χ1v) is 9.85. The Balaban J connectivity index is 0.00000243. The Morgan fingerprint density at radius 1 is 1.31 bits per heavy atom. The first kappa shape index (κ1) is 21.4. The lowest BCUT2D eigenvalue weighted by molar-refractivity contribution is 0.134. The number of rotatable bonds is 6. The molecule has 0 saturated heterocycles. The first-order chi connectivity index (χ1) is 12.2. The monoisotopic (exact) mass is 489 g/mol. The Hall–Kier alpha value is -0.900. The fraction of sp³-hybridized carbons (Fsp3) is 0.526. The summed E-state index contributed by atoms with van der Waals surface area (Å²) in [4.78, 5) is 5.45. The molecule has 1 aromatic heterocycles. The highest BCUT2D eigenvalue weighted by molar-refractivity contribution is 14.0. The molecule has 2 aromatic rings. The number of thiophene rings is 1. The Labute approximate surface area is 175 Å². The molecule has 7 heteroatoms. The molecule has 3 unspecified atom stereocenters. The van der Waals surface area contributed by atoms with Crippen molar-refractivity contribution in [2.24, 2.45) is 10.9 Å². The zero-order valence-corrected chi connectivity index (χ0v) is 18.2. The van der Waals surface area contributed by atoms with Gasteiger partial charge in [0.2, 0.25) is 0 Å². The molecular weight excluding hydrogens is 461 g/mol. The minimum Gasteiger partial charge on any atom is -0.393 e. The second-order valence-corrected chi connectivity index (χ2v) is 7.68. The maximum Gasteiger partial charge on any atom is 0.191 e. The van der Waals surface area contributed by atoms with Crippen LogP contribution < -0.4 is 10.6 Å². The third-order valence-corrected chi connectivity index (χ3v) is 5.91. The SMILES string of the molecule is CCNC(=NCC(O)c1cc2ccccc2s1)NCC1CCCC1O.I. The Morgan fingerprint density at radius 2 is 2.12 bits per heavy atom. The molecule has 1 heterocycles. The Morgan fingerprint density at radius 3 is 2.81 bits per heavy atom. The third kappa shape index (κ3) is 5.55. The number of nitrogens with zero attached hydrogens (tertiary/aromatic N) is 1. The van der Waals surface area contributed by atoms with Crippen molar-refractivity contribution in [1.82, 2.24) is 10.6 Å². The highest BCUT2D eigenvalue weighted by Gasteiger charge is 2.25. The van der Waals surface area contributed by atoms with Crippen LogP contribution in [0.1, 0.15) is 37.2 Å². The van der Waals surface area contributed by atoms with Crippen LogP contribution in [0.2, 0.25) is 0 Å². The van der Waals surface area contributed by atoms with Gasteiger partial charge in [0, 0.05) is 28.6 Å². The van der Waals surface area contributed by atoms with Crippen molar-refractivity contribution in [2.45, 2.75) is 38.4 Å². The molecule has 0 amide bonds. The van der Waals surface area contributed by atoms with E-state index in [0.29, 0.717) is 19.0 Å². The summed E-state index contributed by atoms with van der Waals surface area (Å²) < 4.78 is 1.18. The molecule has 144 valence electrons. The van der Waals surface area contributed by atoms with Gasteiger partial charge in [0.15, 0.2) is 5.96 Å². The second kappa shape index (κ2) is 10.4. The summed E-state index contributed by atoms with van der Waals surface area (Å²) in [6, 6.07) is 10.2. The van der Waals surface area contributed by atoms with E-state index in [9.17, 15) is 10.2 Å². The molecule has 3 rings (SSSR count). The summed E-state index contributed by atoms with van der Waals surface area (Å²) >= 11 is 1.61. The van der Waals surface area contributed by atoms with Gasteiger partial charge in [-0.2, -0.15) is 0 Å². The van der Waals surface area contributed by atoms with Crippen molar-refractivity contribution in [2.75, 3.05) is 19.6 Å². The number of hydrogen-bond donors (Lipinski definition) is 4. The van der Waals surface area contributed by atoms with E-state index >= 15 is 0 Å². The molecule has 0 aliphatic heterocycles. The molecule has 4 N–H and O–H groups in total. The summed E-state index contributed by atoms with van der Waals surface area (Å²) in [6.45, 7) is 3.81. The van der Waals surface area contributed by atoms with E-state index in [0.717, 1.165) is 36.1 Å². The van der Waals surface area contributed by atoms with Crippen molar-refractivity contribution in [3.63, 3.8) is 0 Å². The van der Waals surface area contributed by atoms with E-state index in [1.165, 1.54) is 4.70 Å². The average Bonchev–Trinajstić information content (AvgIpc) is 3.23. The van der Waals surface area contributed by atoms with Crippen LogP contribution in [0.5, 0.6) is 0 Å². The van der Waals surface area contributed by atoms with Gasteiger partial charge in [0.25, 0.3) is 0 Å². The summed E-state index contributed by atoms with van der Waals surface area (Å²) in [6.07, 6.45) is 2.22. The van der Waals surface area contributed by atoms with E-state index in [4.69, 9.17) is 0 Å². The number of aliphatic hydroxyl groups excluding tert-OH is 2. The maximum atomic E-state index is 10.5. The van der Waals surface area contributed by atoms with Crippen LogP contribution in [-0.4, -0.2) is 41.9 Å². The van der Waals surface area contributed by atoms with Crippen LogP contribution in [0.3, 0.4) is 0 Å². The molecule has 3 atom stereocenters. The van der Waals surface area contributed by atoms with Gasteiger partial charge in [-0.25, -0.2) is 0 Å². The normalized spacial score (nSPS) is 21.4. The molecular formula is C19H28IN3O2S.